The summed E-state index contributed by atoms with van der Waals surface area (Å²) in [5, 5.41) is 0.533. The van der Waals surface area contributed by atoms with Gasteiger partial charge >= 0.3 is 6.18 Å². The van der Waals surface area contributed by atoms with E-state index in [-0.39, 0.29) is 6.42 Å². The van der Waals surface area contributed by atoms with E-state index in [4.69, 9.17) is 23.1 Å². The van der Waals surface area contributed by atoms with Crippen molar-refractivity contribution < 1.29 is 18.0 Å². The molecule has 0 fully saturated rings. The Morgan fingerprint density at radius 2 is 1.60 bits per heavy atom. The summed E-state index contributed by atoms with van der Waals surface area (Å²) in [6.07, 6.45) is -4.23. The number of aliphatic imine (C=N–C) groups is 1. The fourth-order valence-electron chi connectivity index (χ4n) is 2.31. The van der Waals surface area contributed by atoms with E-state index in [9.17, 15) is 18.0 Å². The topological polar surface area (TPSA) is 81.5 Å². The highest BCUT2D eigenvalue weighted by molar-refractivity contribution is 6.30. The number of guanidine groups is 1. The van der Waals surface area contributed by atoms with Gasteiger partial charge in [-0.05, 0) is 41.8 Å². The molecule has 0 heterocycles. The maximum atomic E-state index is 12.7. The molecule has 0 aliphatic heterocycles. The normalized spacial score (nSPS) is 12.5. The fraction of sp³-hybridized carbons (Fsp3) is 0.176. The van der Waals surface area contributed by atoms with Crippen molar-refractivity contribution in [2.45, 2.75) is 18.5 Å². The van der Waals surface area contributed by atoms with Crippen molar-refractivity contribution in [3.8, 4) is 0 Å². The maximum absolute atomic E-state index is 12.7. The summed E-state index contributed by atoms with van der Waals surface area (Å²) in [4.78, 5) is 15.8. The van der Waals surface area contributed by atoms with Crippen molar-refractivity contribution >= 4 is 23.5 Å². The van der Waals surface area contributed by atoms with Crippen LogP contribution in [0.2, 0.25) is 5.02 Å². The van der Waals surface area contributed by atoms with Crippen LogP contribution in [0.5, 0.6) is 0 Å². The zero-order valence-corrected chi connectivity index (χ0v) is 13.7. The second kappa shape index (κ2) is 7.57. The highest BCUT2D eigenvalue weighted by atomic mass is 35.5. The van der Waals surface area contributed by atoms with Crippen LogP contribution in [0.4, 0.5) is 13.2 Å². The van der Waals surface area contributed by atoms with Crippen molar-refractivity contribution in [1.29, 1.82) is 0 Å². The van der Waals surface area contributed by atoms with Crippen molar-refractivity contribution in [3.63, 3.8) is 0 Å². The van der Waals surface area contributed by atoms with Crippen LogP contribution in [-0.4, -0.2) is 11.9 Å². The van der Waals surface area contributed by atoms with Gasteiger partial charge in [0, 0.05) is 5.02 Å². The van der Waals surface area contributed by atoms with Crippen LogP contribution in [0.25, 0.3) is 0 Å². The van der Waals surface area contributed by atoms with E-state index in [1.165, 1.54) is 12.1 Å². The molecule has 0 aliphatic rings. The zero-order valence-electron chi connectivity index (χ0n) is 12.9. The molecule has 8 heteroatoms. The molecule has 0 bridgehead atoms. The molecule has 4 nitrogen and oxygen atoms in total. The molecule has 0 aromatic heterocycles. The number of carbonyl (C=O) groups excluding carboxylic acids is 1. The van der Waals surface area contributed by atoms with Gasteiger partial charge in [0.1, 0.15) is 0 Å². The Labute approximate surface area is 147 Å². The lowest BCUT2D eigenvalue weighted by Gasteiger charge is -2.15. The summed E-state index contributed by atoms with van der Waals surface area (Å²) in [5.41, 5.74) is 10.9. The van der Waals surface area contributed by atoms with Crippen LogP contribution >= 0.6 is 11.6 Å². The monoisotopic (exact) mass is 369 g/mol. The molecule has 0 unspecified atom stereocenters. The number of nitrogens with two attached hydrogens (primary N) is 2. The molecule has 2 rings (SSSR count). The summed E-state index contributed by atoms with van der Waals surface area (Å²) in [7, 11) is 0. The third-order valence-electron chi connectivity index (χ3n) is 3.53. The summed E-state index contributed by atoms with van der Waals surface area (Å²) < 4.78 is 38.1. The Bertz CT molecular complexity index is 767. The molecule has 2 aromatic rings. The minimum atomic E-state index is -4.45. The second-order valence-electron chi connectivity index (χ2n) is 5.38. The highest BCUT2D eigenvalue weighted by Gasteiger charge is 2.31. The summed E-state index contributed by atoms with van der Waals surface area (Å²) >= 11 is 5.83. The summed E-state index contributed by atoms with van der Waals surface area (Å²) in [6.45, 7) is 0. The van der Waals surface area contributed by atoms with Crippen LogP contribution in [0.3, 0.4) is 0 Å². The molecule has 0 spiro atoms. The molecular formula is C17H15ClF3N3O. The van der Waals surface area contributed by atoms with E-state index < -0.39 is 29.5 Å². The first-order valence-electron chi connectivity index (χ1n) is 7.22. The molecule has 0 aliphatic carbocycles. The van der Waals surface area contributed by atoms with Gasteiger partial charge in [0.05, 0.1) is 11.5 Å². The lowest BCUT2D eigenvalue weighted by Crippen LogP contribution is -2.26. The van der Waals surface area contributed by atoms with E-state index in [2.05, 4.69) is 4.99 Å². The molecule has 25 heavy (non-hydrogen) atoms. The van der Waals surface area contributed by atoms with Gasteiger partial charge < -0.3 is 11.5 Å². The average Bonchev–Trinajstić information content (AvgIpc) is 2.53. The van der Waals surface area contributed by atoms with Crippen LogP contribution in [0.1, 0.15) is 22.6 Å². The number of nitrogens with zero attached hydrogens (tertiary/aromatic N) is 1. The van der Waals surface area contributed by atoms with Gasteiger partial charge in [-0.1, -0.05) is 35.9 Å². The molecule has 0 saturated carbocycles. The molecule has 1 atom stereocenters. The average molecular weight is 370 g/mol. The molecule has 0 saturated heterocycles. The molecule has 4 N–H and O–H groups in total. The quantitative estimate of drug-likeness (QED) is 0.639. The van der Waals surface area contributed by atoms with Gasteiger partial charge in [-0.3, -0.25) is 4.79 Å². The first-order chi connectivity index (χ1) is 11.7. The largest absolute Gasteiger partial charge is 0.416 e. The smallest absolute Gasteiger partial charge is 0.370 e. The Morgan fingerprint density at radius 3 is 2.08 bits per heavy atom. The van der Waals surface area contributed by atoms with Gasteiger partial charge in [0.25, 0.3) is 5.91 Å². The Morgan fingerprint density at radius 1 is 1.04 bits per heavy atom. The number of benzene rings is 2. The van der Waals surface area contributed by atoms with Crippen molar-refractivity contribution in [2.75, 3.05) is 0 Å². The summed E-state index contributed by atoms with van der Waals surface area (Å²) in [5.74, 6) is -1.85. The number of rotatable bonds is 4. The van der Waals surface area contributed by atoms with E-state index >= 15 is 0 Å². The molecule has 0 radical (unpaired) electrons. The van der Waals surface area contributed by atoms with Gasteiger partial charge in [0.2, 0.25) is 0 Å². The molecule has 2 aromatic carbocycles. The number of hydrogen-bond donors (Lipinski definition) is 2. The van der Waals surface area contributed by atoms with Gasteiger partial charge in [-0.15, -0.1) is 0 Å². The van der Waals surface area contributed by atoms with E-state index in [1.807, 2.05) is 0 Å². The van der Waals surface area contributed by atoms with Crippen molar-refractivity contribution in [3.05, 3.63) is 70.2 Å². The van der Waals surface area contributed by atoms with E-state index in [0.717, 1.165) is 17.7 Å². The van der Waals surface area contributed by atoms with Crippen LogP contribution in [0.15, 0.2) is 53.5 Å². The number of halogens is 4. The standard InChI is InChI=1S/C17H15ClF3N3O/c18-13-7-1-10(2-8-13)9-14(15(25)24-16(22)23)11-3-5-12(6-4-11)17(19,20)21/h1-8,14H,9H2,(H4,22,23,24,25)/t14-/m1/s1. The predicted molar refractivity (Wildman–Crippen MR) is 90.2 cm³/mol. The first kappa shape index (κ1) is 18.8. The highest BCUT2D eigenvalue weighted by Crippen LogP contribution is 2.31. The van der Waals surface area contributed by atoms with Gasteiger partial charge in [-0.2, -0.15) is 18.2 Å². The fourth-order valence-corrected chi connectivity index (χ4v) is 2.44. The third-order valence-corrected chi connectivity index (χ3v) is 3.78. The van der Waals surface area contributed by atoms with Crippen LogP contribution < -0.4 is 11.5 Å². The Hall–Kier alpha value is -2.54. The minimum Gasteiger partial charge on any atom is -0.370 e. The number of hydrogen-bond acceptors (Lipinski definition) is 1. The predicted octanol–water partition coefficient (Wildman–Crippen LogP) is 3.49. The molecule has 132 valence electrons. The van der Waals surface area contributed by atoms with E-state index in [0.29, 0.717) is 10.6 Å². The lowest BCUT2D eigenvalue weighted by atomic mass is 9.90. The SMILES string of the molecule is NC(N)=NC(=O)[C@H](Cc1ccc(Cl)cc1)c1ccc(C(F)(F)F)cc1. The zero-order chi connectivity index (χ0) is 18.6. The minimum absolute atomic E-state index is 0.220. The van der Waals surface area contributed by atoms with Crippen molar-refractivity contribution in [1.82, 2.24) is 0 Å². The third kappa shape index (κ3) is 5.22. The number of alkyl halides is 3. The number of amides is 1. The van der Waals surface area contributed by atoms with Gasteiger partial charge in [-0.25, -0.2) is 0 Å². The lowest BCUT2D eigenvalue weighted by molar-refractivity contribution is -0.137. The Balaban J connectivity index is 2.35. The van der Waals surface area contributed by atoms with Gasteiger partial charge in [0.15, 0.2) is 5.96 Å². The molecule has 1 amide bonds. The maximum Gasteiger partial charge on any atom is 0.416 e. The summed E-state index contributed by atoms with van der Waals surface area (Å²) in [6, 6.07) is 11.1. The first-order valence-corrected chi connectivity index (χ1v) is 7.59. The van der Waals surface area contributed by atoms with E-state index in [1.54, 1.807) is 24.3 Å². The molecular weight excluding hydrogens is 355 g/mol. The van der Waals surface area contributed by atoms with Crippen molar-refractivity contribution in [2.24, 2.45) is 16.5 Å². The second-order valence-corrected chi connectivity index (χ2v) is 5.81. The number of carbonyl (C=O) groups is 1. The van der Waals surface area contributed by atoms with Crippen LogP contribution in [-0.2, 0) is 17.4 Å². The Kier molecular flexibility index (Phi) is 5.69. The van der Waals surface area contributed by atoms with Crippen LogP contribution in [0, 0.1) is 0 Å².